The summed E-state index contributed by atoms with van der Waals surface area (Å²) >= 11 is 0. The van der Waals surface area contributed by atoms with Crippen molar-refractivity contribution >= 4 is 0 Å². The molecule has 0 unspecified atom stereocenters. The molecule has 0 aliphatic carbocycles. The van der Waals surface area contributed by atoms with Crippen LogP contribution in [0.2, 0.25) is 0 Å². The zero-order valence-corrected chi connectivity index (χ0v) is 8.76. The monoisotopic (exact) mass is 216 g/mol. The average Bonchev–Trinajstić information content (AvgIpc) is 2.19. The lowest BCUT2D eigenvalue weighted by atomic mass is 10.1. The number of aryl methyl sites for hydroxylation is 1. The minimum absolute atomic E-state index is 0.314. The molecule has 0 heterocycles. The molecule has 2 nitrogen and oxygen atoms in total. The Morgan fingerprint density at radius 2 is 1.93 bits per heavy atom. The van der Waals surface area contributed by atoms with Gasteiger partial charge < -0.3 is 9.84 Å². The van der Waals surface area contributed by atoms with E-state index in [0.29, 0.717) is 24.2 Å². The normalized spacial score (nSPS) is 12.6. The summed E-state index contributed by atoms with van der Waals surface area (Å²) in [7, 11) is 1.40. The average molecular weight is 216 g/mol. The number of aliphatic hydroxyl groups is 1. The summed E-state index contributed by atoms with van der Waals surface area (Å²) in [6, 6.07) is 2.13. The Hall–Kier alpha value is -1.16. The molecule has 0 fully saturated rings. The minimum atomic E-state index is -0.923. The van der Waals surface area contributed by atoms with Crippen molar-refractivity contribution in [3.8, 4) is 5.75 Å². The van der Waals surface area contributed by atoms with Crippen molar-refractivity contribution in [1.82, 2.24) is 0 Å². The first-order chi connectivity index (χ1) is 7.04. The quantitative estimate of drug-likeness (QED) is 0.836. The highest BCUT2D eigenvalue weighted by atomic mass is 19.2. The van der Waals surface area contributed by atoms with E-state index in [1.54, 1.807) is 6.92 Å². The van der Waals surface area contributed by atoms with E-state index in [2.05, 4.69) is 0 Å². The molecule has 1 N–H and O–H groups in total. The molecule has 1 atom stereocenters. The van der Waals surface area contributed by atoms with Crippen LogP contribution in [0.25, 0.3) is 0 Å². The summed E-state index contributed by atoms with van der Waals surface area (Å²) in [4.78, 5) is 0. The largest absolute Gasteiger partial charge is 0.496 e. The second-order valence-corrected chi connectivity index (χ2v) is 3.47. The molecule has 15 heavy (non-hydrogen) atoms. The maximum Gasteiger partial charge on any atom is 0.162 e. The van der Waals surface area contributed by atoms with Crippen molar-refractivity contribution in [3.05, 3.63) is 29.3 Å². The van der Waals surface area contributed by atoms with Gasteiger partial charge in [0.15, 0.2) is 11.6 Å². The van der Waals surface area contributed by atoms with Gasteiger partial charge in [0.25, 0.3) is 0 Å². The van der Waals surface area contributed by atoms with E-state index < -0.39 is 17.7 Å². The fourth-order valence-electron chi connectivity index (χ4n) is 1.32. The smallest absolute Gasteiger partial charge is 0.162 e. The molecular weight excluding hydrogens is 202 g/mol. The fraction of sp³-hybridized carbons (Fsp3) is 0.455. The first kappa shape index (κ1) is 11.9. The highest BCUT2D eigenvalue weighted by molar-refractivity contribution is 5.34. The fourth-order valence-corrected chi connectivity index (χ4v) is 1.32. The summed E-state index contributed by atoms with van der Waals surface area (Å²) in [5, 5.41) is 9.09. The molecule has 84 valence electrons. The Morgan fingerprint density at radius 3 is 2.47 bits per heavy atom. The highest BCUT2D eigenvalue weighted by Crippen LogP contribution is 2.23. The third-order valence-corrected chi connectivity index (χ3v) is 2.15. The van der Waals surface area contributed by atoms with Gasteiger partial charge in [-0.2, -0.15) is 0 Å². The van der Waals surface area contributed by atoms with Crippen LogP contribution >= 0.6 is 0 Å². The van der Waals surface area contributed by atoms with Crippen molar-refractivity contribution in [2.75, 3.05) is 7.11 Å². The van der Waals surface area contributed by atoms with E-state index in [1.807, 2.05) is 0 Å². The van der Waals surface area contributed by atoms with Crippen LogP contribution in [0.3, 0.4) is 0 Å². The molecule has 0 aliphatic rings. The molecule has 0 amide bonds. The van der Waals surface area contributed by atoms with Gasteiger partial charge in [0.2, 0.25) is 0 Å². The standard InChI is InChI=1S/C11H14F2O2/c1-7(14)3-4-8-5-9(12)10(13)6-11(8)15-2/h5-7,14H,3-4H2,1-2H3/t7-/m0/s1. The Morgan fingerprint density at radius 1 is 1.33 bits per heavy atom. The number of methoxy groups -OCH3 is 1. The maximum absolute atomic E-state index is 12.9. The van der Waals surface area contributed by atoms with Crippen LogP contribution in [-0.4, -0.2) is 18.3 Å². The summed E-state index contributed by atoms with van der Waals surface area (Å²) < 4.78 is 30.7. The Balaban J connectivity index is 2.89. The zero-order chi connectivity index (χ0) is 11.4. The Bertz CT molecular complexity index is 338. The lowest BCUT2D eigenvalue weighted by Gasteiger charge is -2.10. The molecule has 0 saturated heterocycles. The Labute approximate surface area is 87.5 Å². The number of aliphatic hydroxyl groups excluding tert-OH is 1. The van der Waals surface area contributed by atoms with Gasteiger partial charge in [0.05, 0.1) is 13.2 Å². The van der Waals surface area contributed by atoms with Gasteiger partial charge in [-0.1, -0.05) is 0 Å². The number of hydrogen-bond donors (Lipinski definition) is 1. The number of halogens is 2. The van der Waals surface area contributed by atoms with Gasteiger partial charge in [-0.05, 0) is 31.4 Å². The summed E-state index contributed by atoms with van der Waals surface area (Å²) in [5.41, 5.74) is 0.567. The van der Waals surface area contributed by atoms with Crippen LogP contribution in [0.5, 0.6) is 5.75 Å². The lowest BCUT2D eigenvalue weighted by Crippen LogP contribution is -2.03. The van der Waals surface area contributed by atoms with Gasteiger partial charge in [-0.15, -0.1) is 0 Å². The highest BCUT2D eigenvalue weighted by Gasteiger charge is 2.10. The van der Waals surface area contributed by atoms with Crippen molar-refractivity contribution in [2.24, 2.45) is 0 Å². The van der Waals surface area contributed by atoms with Gasteiger partial charge in [0, 0.05) is 6.07 Å². The lowest BCUT2D eigenvalue weighted by molar-refractivity contribution is 0.184. The topological polar surface area (TPSA) is 29.5 Å². The molecule has 4 heteroatoms. The minimum Gasteiger partial charge on any atom is -0.496 e. The van der Waals surface area contributed by atoms with E-state index in [9.17, 15) is 8.78 Å². The number of ether oxygens (including phenoxy) is 1. The molecule has 1 aromatic rings. The van der Waals surface area contributed by atoms with Crippen molar-refractivity contribution in [1.29, 1.82) is 0 Å². The predicted octanol–water partition coefficient (Wildman–Crippen LogP) is 2.29. The second kappa shape index (κ2) is 5.07. The molecule has 0 bridgehead atoms. The van der Waals surface area contributed by atoms with E-state index in [4.69, 9.17) is 9.84 Å². The molecule has 0 radical (unpaired) electrons. The Kier molecular flexibility index (Phi) is 4.03. The van der Waals surface area contributed by atoms with Gasteiger partial charge in [0.1, 0.15) is 5.75 Å². The first-order valence-electron chi connectivity index (χ1n) is 4.74. The van der Waals surface area contributed by atoms with Gasteiger partial charge in [-0.3, -0.25) is 0 Å². The van der Waals surface area contributed by atoms with Crippen LogP contribution in [0.4, 0.5) is 8.78 Å². The third-order valence-electron chi connectivity index (χ3n) is 2.15. The molecule has 0 spiro atoms. The molecule has 0 aromatic heterocycles. The second-order valence-electron chi connectivity index (χ2n) is 3.47. The first-order valence-corrected chi connectivity index (χ1v) is 4.74. The predicted molar refractivity (Wildman–Crippen MR) is 52.9 cm³/mol. The third kappa shape index (κ3) is 3.16. The molecule has 1 aromatic carbocycles. The number of benzene rings is 1. The van der Waals surface area contributed by atoms with Crippen LogP contribution in [-0.2, 0) is 6.42 Å². The number of rotatable bonds is 4. The summed E-state index contributed by atoms with van der Waals surface area (Å²) in [6.45, 7) is 1.65. The van der Waals surface area contributed by atoms with E-state index in [-0.39, 0.29) is 0 Å². The molecule has 0 aliphatic heterocycles. The SMILES string of the molecule is COc1cc(F)c(F)cc1CC[C@H](C)O. The van der Waals surface area contributed by atoms with Crippen molar-refractivity contribution in [3.63, 3.8) is 0 Å². The molecule has 0 saturated carbocycles. The summed E-state index contributed by atoms with van der Waals surface area (Å²) in [6.07, 6.45) is 0.474. The van der Waals surface area contributed by atoms with Crippen molar-refractivity contribution < 1.29 is 18.6 Å². The zero-order valence-electron chi connectivity index (χ0n) is 8.76. The molecular formula is C11H14F2O2. The van der Waals surface area contributed by atoms with Crippen LogP contribution in [0.1, 0.15) is 18.9 Å². The van der Waals surface area contributed by atoms with Gasteiger partial charge in [-0.25, -0.2) is 8.78 Å². The molecule has 1 rings (SSSR count). The van der Waals surface area contributed by atoms with Gasteiger partial charge >= 0.3 is 0 Å². The van der Waals surface area contributed by atoms with Crippen LogP contribution < -0.4 is 4.74 Å². The van der Waals surface area contributed by atoms with E-state index >= 15 is 0 Å². The maximum atomic E-state index is 12.9. The number of hydrogen-bond acceptors (Lipinski definition) is 2. The van der Waals surface area contributed by atoms with Crippen LogP contribution in [0, 0.1) is 11.6 Å². The van der Waals surface area contributed by atoms with E-state index in [0.717, 1.165) is 12.1 Å². The van der Waals surface area contributed by atoms with E-state index in [1.165, 1.54) is 7.11 Å². The summed E-state index contributed by atoms with van der Waals surface area (Å²) in [5.74, 6) is -1.50. The van der Waals surface area contributed by atoms with Crippen molar-refractivity contribution in [2.45, 2.75) is 25.9 Å². The van der Waals surface area contributed by atoms with Crippen LogP contribution in [0.15, 0.2) is 12.1 Å².